The molecule has 8 nitrogen and oxygen atoms in total. The Balaban J connectivity index is 2.54. The molecule has 5 N–H and O–H groups in total. The predicted molar refractivity (Wildman–Crippen MR) is 90.5 cm³/mol. The summed E-state index contributed by atoms with van der Waals surface area (Å²) in [5.41, 5.74) is 6.01. The summed E-state index contributed by atoms with van der Waals surface area (Å²) in [6.07, 6.45) is 1.96. The third-order valence-electron chi connectivity index (χ3n) is 3.52. The van der Waals surface area contributed by atoms with Crippen molar-refractivity contribution in [2.45, 2.75) is 38.3 Å². The summed E-state index contributed by atoms with van der Waals surface area (Å²) >= 11 is 0. The van der Waals surface area contributed by atoms with Crippen molar-refractivity contribution in [1.29, 1.82) is 0 Å². The Kier molecular flexibility index (Phi) is 8.28. The number of rotatable bonds is 10. The van der Waals surface area contributed by atoms with Gasteiger partial charge in [0.1, 0.15) is 0 Å². The lowest BCUT2D eigenvalue weighted by atomic mass is 10.1. The van der Waals surface area contributed by atoms with Crippen LogP contribution in [0.1, 0.15) is 37.8 Å². The van der Waals surface area contributed by atoms with Gasteiger partial charge in [-0.25, -0.2) is 4.79 Å². The van der Waals surface area contributed by atoms with Crippen LogP contribution in [0.25, 0.3) is 0 Å². The van der Waals surface area contributed by atoms with Gasteiger partial charge in [0.15, 0.2) is 6.04 Å². The van der Waals surface area contributed by atoms with E-state index in [4.69, 9.17) is 5.73 Å². The van der Waals surface area contributed by atoms with Crippen molar-refractivity contribution in [3.05, 3.63) is 35.9 Å². The van der Waals surface area contributed by atoms with E-state index in [1.165, 1.54) is 0 Å². The molecule has 1 rings (SSSR count). The highest BCUT2D eigenvalue weighted by molar-refractivity contribution is 6.38. The highest BCUT2D eigenvalue weighted by Gasteiger charge is 2.24. The number of ketones is 1. The molecule has 0 fully saturated rings. The third kappa shape index (κ3) is 6.72. The van der Waals surface area contributed by atoms with Crippen LogP contribution in [0.5, 0.6) is 0 Å². The van der Waals surface area contributed by atoms with Crippen LogP contribution in [-0.2, 0) is 19.2 Å². The number of unbranched alkanes of at least 4 members (excludes halogenated alkanes) is 1. The Morgan fingerprint density at radius 1 is 1.16 bits per heavy atom. The van der Waals surface area contributed by atoms with Crippen LogP contribution in [0.4, 0.5) is 0 Å². The molecule has 2 atom stereocenters. The van der Waals surface area contributed by atoms with E-state index in [1.807, 2.05) is 6.92 Å². The van der Waals surface area contributed by atoms with Crippen molar-refractivity contribution < 1.29 is 24.3 Å². The molecule has 0 radical (unpaired) electrons. The van der Waals surface area contributed by atoms with Crippen LogP contribution in [0.3, 0.4) is 0 Å². The van der Waals surface area contributed by atoms with E-state index in [0.29, 0.717) is 12.0 Å². The summed E-state index contributed by atoms with van der Waals surface area (Å²) in [4.78, 5) is 46.6. The summed E-state index contributed by atoms with van der Waals surface area (Å²) in [5, 5.41) is 13.7. The van der Waals surface area contributed by atoms with Crippen LogP contribution >= 0.6 is 0 Å². The first-order valence-corrected chi connectivity index (χ1v) is 8.01. The Morgan fingerprint density at radius 2 is 1.80 bits per heavy atom. The lowest BCUT2D eigenvalue weighted by molar-refractivity contribution is -0.142. The summed E-state index contributed by atoms with van der Waals surface area (Å²) in [7, 11) is 0. The fourth-order valence-electron chi connectivity index (χ4n) is 2.12. The average molecular weight is 349 g/mol. The van der Waals surface area contributed by atoms with E-state index < -0.39 is 42.2 Å². The number of nitrogens with one attached hydrogen (secondary N) is 2. The Labute approximate surface area is 145 Å². The number of hydrogen-bond acceptors (Lipinski definition) is 5. The van der Waals surface area contributed by atoms with E-state index in [-0.39, 0.29) is 0 Å². The number of carboxylic acid groups (broad SMARTS) is 1. The molecule has 0 heterocycles. The largest absolute Gasteiger partial charge is 0.479 e. The van der Waals surface area contributed by atoms with E-state index >= 15 is 0 Å². The molecule has 0 spiro atoms. The highest BCUT2D eigenvalue weighted by atomic mass is 16.4. The minimum absolute atomic E-state index is 0.393. The van der Waals surface area contributed by atoms with Gasteiger partial charge in [-0.05, 0) is 12.0 Å². The second-order valence-electron chi connectivity index (χ2n) is 5.55. The second kappa shape index (κ2) is 10.2. The molecule has 1 aromatic rings. The maximum atomic E-state index is 11.9. The normalized spacial score (nSPS) is 12.7. The molecule has 25 heavy (non-hydrogen) atoms. The number of carbonyl (C=O) groups is 4. The molecule has 0 bridgehead atoms. The second-order valence-corrected chi connectivity index (χ2v) is 5.55. The van der Waals surface area contributed by atoms with E-state index in [2.05, 4.69) is 10.6 Å². The SMILES string of the molecule is CCCCC(N)C(=O)C(=O)NCC(=O)NC(C(=O)O)c1ccccc1. The molecule has 1 aromatic carbocycles. The summed E-state index contributed by atoms with van der Waals surface area (Å²) < 4.78 is 0. The van der Waals surface area contributed by atoms with Crippen LogP contribution < -0.4 is 16.4 Å². The summed E-state index contributed by atoms with van der Waals surface area (Å²) in [6.45, 7) is 1.43. The molecule has 136 valence electrons. The number of aliphatic carboxylic acids is 1. The Bertz CT molecular complexity index is 618. The minimum Gasteiger partial charge on any atom is -0.479 e. The van der Waals surface area contributed by atoms with Crippen molar-refractivity contribution >= 4 is 23.6 Å². The molecule has 0 saturated carbocycles. The fourth-order valence-corrected chi connectivity index (χ4v) is 2.12. The van der Waals surface area contributed by atoms with Gasteiger partial charge >= 0.3 is 5.97 Å². The quantitative estimate of drug-likeness (QED) is 0.443. The zero-order valence-electron chi connectivity index (χ0n) is 14.0. The number of carboxylic acids is 1. The number of nitrogens with two attached hydrogens (primary N) is 1. The average Bonchev–Trinajstić information content (AvgIpc) is 2.61. The van der Waals surface area contributed by atoms with Crippen molar-refractivity contribution in [2.75, 3.05) is 6.54 Å². The molecule has 8 heteroatoms. The van der Waals surface area contributed by atoms with Gasteiger partial charge in [0.2, 0.25) is 11.7 Å². The van der Waals surface area contributed by atoms with Crippen molar-refractivity contribution in [3.63, 3.8) is 0 Å². The van der Waals surface area contributed by atoms with Gasteiger partial charge in [-0.15, -0.1) is 0 Å². The van der Waals surface area contributed by atoms with Gasteiger partial charge in [-0.3, -0.25) is 14.4 Å². The molecule has 2 unspecified atom stereocenters. The van der Waals surface area contributed by atoms with Gasteiger partial charge in [0, 0.05) is 0 Å². The van der Waals surface area contributed by atoms with Gasteiger partial charge in [0.25, 0.3) is 5.91 Å². The number of carbonyl (C=O) groups excluding carboxylic acids is 3. The van der Waals surface area contributed by atoms with Gasteiger partial charge in [0.05, 0.1) is 12.6 Å². The molecule has 0 aliphatic carbocycles. The summed E-state index contributed by atoms with van der Waals surface area (Å²) in [5.74, 6) is -3.70. The zero-order chi connectivity index (χ0) is 18.8. The maximum absolute atomic E-state index is 11.9. The molecule has 0 aromatic heterocycles. The van der Waals surface area contributed by atoms with Crippen molar-refractivity contribution in [2.24, 2.45) is 5.73 Å². The monoisotopic (exact) mass is 349 g/mol. The molecular formula is C17H23N3O5. The van der Waals surface area contributed by atoms with E-state index in [9.17, 15) is 24.3 Å². The molecule has 0 saturated heterocycles. The van der Waals surface area contributed by atoms with Gasteiger partial charge < -0.3 is 21.5 Å². The van der Waals surface area contributed by atoms with Crippen molar-refractivity contribution in [3.8, 4) is 0 Å². The van der Waals surface area contributed by atoms with Crippen molar-refractivity contribution in [1.82, 2.24) is 10.6 Å². The molecule has 0 aliphatic heterocycles. The smallest absolute Gasteiger partial charge is 0.330 e. The first-order chi connectivity index (χ1) is 11.9. The first kappa shape index (κ1) is 20.3. The van der Waals surface area contributed by atoms with E-state index in [1.54, 1.807) is 30.3 Å². The topological polar surface area (TPSA) is 139 Å². The van der Waals surface area contributed by atoms with Gasteiger partial charge in [-0.1, -0.05) is 50.1 Å². The first-order valence-electron chi connectivity index (χ1n) is 8.01. The highest BCUT2D eigenvalue weighted by Crippen LogP contribution is 2.12. The fraction of sp³-hybridized carbons (Fsp3) is 0.412. The number of amides is 2. The predicted octanol–water partition coefficient (Wildman–Crippen LogP) is 0.131. The number of benzene rings is 1. The van der Waals surface area contributed by atoms with Gasteiger partial charge in [-0.2, -0.15) is 0 Å². The van der Waals surface area contributed by atoms with Crippen LogP contribution in [-0.4, -0.2) is 41.3 Å². The molecule has 2 amide bonds. The minimum atomic E-state index is -1.24. The third-order valence-corrected chi connectivity index (χ3v) is 3.52. The standard InChI is InChI=1S/C17H23N3O5/c1-2-3-9-12(18)15(22)16(23)19-10-13(21)20-14(17(24)25)11-7-5-4-6-8-11/h4-8,12,14H,2-3,9-10,18H2,1H3,(H,19,23)(H,20,21)(H,24,25). The zero-order valence-corrected chi connectivity index (χ0v) is 14.0. The van der Waals surface area contributed by atoms with Crippen LogP contribution in [0.15, 0.2) is 30.3 Å². The lowest BCUT2D eigenvalue weighted by Gasteiger charge is -2.15. The summed E-state index contributed by atoms with van der Waals surface area (Å²) in [6, 6.07) is 6.00. The van der Waals surface area contributed by atoms with Crippen LogP contribution in [0.2, 0.25) is 0 Å². The Morgan fingerprint density at radius 3 is 2.36 bits per heavy atom. The Hall–Kier alpha value is -2.74. The lowest BCUT2D eigenvalue weighted by Crippen LogP contribution is -2.46. The number of hydrogen-bond donors (Lipinski definition) is 4. The van der Waals surface area contributed by atoms with Crippen LogP contribution in [0, 0.1) is 0 Å². The molecular weight excluding hydrogens is 326 g/mol. The molecule has 0 aliphatic rings. The number of Topliss-reactive ketones (excluding diaryl/α,β-unsaturated/α-hetero) is 1. The maximum Gasteiger partial charge on any atom is 0.330 e. The van der Waals surface area contributed by atoms with E-state index in [0.717, 1.165) is 12.8 Å².